The molecule has 1 aromatic carbocycles. The van der Waals surface area contributed by atoms with Gasteiger partial charge >= 0.3 is 0 Å². The molecule has 4 heteroatoms. The second-order valence-electron chi connectivity index (χ2n) is 5.20. The van der Waals surface area contributed by atoms with Crippen molar-refractivity contribution in [3.05, 3.63) is 34.9 Å². The van der Waals surface area contributed by atoms with Crippen LogP contribution in [0, 0.1) is 6.92 Å². The zero-order chi connectivity index (χ0) is 13.8. The molecular weight excluding hydrogens is 256 g/mol. The van der Waals surface area contributed by atoms with Crippen molar-refractivity contribution in [3.8, 4) is 0 Å². The minimum absolute atomic E-state index is 0.360. The van der Waals surface area contributed by atoms with E-state index in [0.717, 1.165) is 17.4 Å². The fourth-order valence-corrected chi connectivity index (χ4v) is 3.69. The lowest BCUT2D eigenvalue weighted by Crippen LogP contribution is -2.33. The quantitative estimate of drug-likeness (QED) is 0.870. The van der Waals surface area contributed by atoms with Crippen molar-refractivity contribution in [1.29, 1.82) is 0 Å². The number of aryl methyl sites for hydroxylation is 1. The third kappa shape index (κ3) is 3.51. The average Bonchev–Trinajstić information content (AvgIpc) is 2.84. The highest BCUT2D eigenvalue weighted by Gasteiger charge is 2.25. The van der Waals surface area contributed by atoms with Gasteiger partial charge in [-0.25, -0.2) is 0 Å². The van der Waals surface area contributed by atoms with Gasteiger partial charge in [-0.2, -0.15) is 11.8 Å². The average molecular weight is 278 g/mol. The summed E-state index contributed by atoms with van der Waals surface area (Å²) < 4.78 is 0. The predicted octanol–water partition coefficient (Wildman–Crippen LogP) is 2.47. The summed E-state index contributed by atoms with van der Waals surface area (Å²) in [4.78, 5) is 11.1. The molecule has 0 bridgehead atoms. The van der Waals surface area contributed by atoms with Crippen LogP contribution in [0.4, 0.5) is 0 Å². The van der Waals surface area contributed by atoms with Gasteiger partial charge in [0.05, 0.1) is 0 Å². The number of carbonyl (C=O) groups is 1. The Morgan fingerprint density at radius 2 is 2.26 bits per heavy atom. The highest BCUT2D eigenvalue weighted by atomic mass is 32.2. The van der Waals surface area contributed by atoms with Gasteiger partial charge in [0.15, 0.2) is 0 Å². The fraction of sp³-hybridized carbons (Fsp3) is 0.533. The Morgan fingerprint density at radius 1 is 1.47 bits per heavy atom. The van der Waals surface area contributed by atoms with Gasteiger partial charge in [0, 0.05) is 23.4 Å². The highest BCUT2D eigenvalue weighted by Crippen LogP contribution is 2.28. The molecule has 1 aliphatic carbocycles. The molecule has 0 radical (unpaired) electrons. The molecule has 19 heavy (non-hydrogen) atoms. The van der Waals surface area contributed by atoms with E-state index in [9.17, 15) is 4.79 Å². The second kappa shape index (κ2) is 6.44. The van der Waals surface area contributed by atoms with E-state index in [2.05, 4.69) is 11.6 Å². The number of nitrogens with two attached hydrogens (primary N) is 1. The minimum atomic E-state index is -0.360. The molecular formula is C15H22N2OS. The predicted molar refractivity (Wildman–Crippen MR) is 81.5 cm³/mol. The molecule has 2 unspecified atom stereocenters. The molecule has 3 nitrogen and oxygen atoms in total. The van der Waals surface area contributed by atoms with Crippen LogP contribution < -0.4 is 11.1 Å². The number of primary amides is 1. The molecule has 1 amide bonds. The van der Waals surface area contributed by atoms with Crippen molar-refractivity contribution in [2.24, 2.45) is 5.73 Å². The Hall–Kier alpha value is -1.00. The number of nitrogens with one attached hydrogen (secondary N) is 1. The molecule has 0 heterocycles. The largest absolute Gasteiger partial charge is 0.366 e. The third-order valence-electron chi connectivity index (χ3n) is 3.94. The number of thioether (sulfide) groups is 1. The normalized spacial score (nSPS) is 22.6. The van der Waals surface area contributed by atoms with E-state index in [1.54, 1.807) is 0 Å². The highest BCUT2D eigenvalue weighted by molar-refractivity contribution is 7.99. The van der Waals surface area contributed by atoms with Gasteiger partial charge in [-0.15, -0.1) is 0 Å². The Bertz CT molecular complexity index is 461. The summed E-state index contributed by atoms with van der Waals surface area (Å²) in [6, 6.07) is 6.31. The molecule has 2 rings (SSSR count). The van der Waals surface area contributed by atoms with Crippen LogP contribution in [-0.4, -0.2) is 23.5 Å². The van der Waals surface area contributed by atoms with E-state index in [1.165, 1.54) is 24.8 Å². The van der Waals surface area contributed by atoms with E-state index in [4.69, 9.17) is 5.73 Å². The van der Waals surface area contributed by atoms with Crippen LogP contribution in [0.15, 0.2) is 18.2 Å². The molecule has 0 aliphatic heterocycles. The lowest BCUT2D eigenvalue weighted by atomic mass is 10.0. The fourth-order valence-electron chi connectivity index (χ4n) is 2.73. The van der Waals surface area contributed by atoms with Crippen molar-refractivity contribution in [1.82, 2.24) is 5.32 Å². The SMILES string of the molecule is CSC1CCCC1NCc1ccc(C(N)=O)cc1C. The summed E-state index contributed by atoms with van der Waals surface area (Å²) in [6.45, 7) is 2.90. The molecule has 2 atom stereocenters. The molecule has 1 fully saturated rings. The first-order valence-electron chi connectivity index (χ1n) is 6.77. The zero-order valence-electron chi connectivity index (χ0n) is 11.6. The van der Waals surface area contributed by atoms with Gasteiger partial charge in [-0.05, 0) is 49.3 Å². The van der Waals surface area contributed by atoms with Crippen molar-refractivity contribution < 1.29 is 4.79 Å². The van der Waals surface area contributed by atoms with Crippen LogP contribution in [0.3, 0.4) is 0 Å². The zero-order valence-corrected chi connectivity index (χ0v) is 12.4. The smallest absolute Gasteiger partial charge is 0.248 e. The van der Waals surface area contributed by atoms with Gasteiger partial charge < -0.3 is 11.1 Å². The first-order valence-corrected chi connectivity index (χ1v) is 8.06. The van der Waals surface area contributed by atoms with Crippen LogP contribution in [0.25, 0.3) is 0 Å². The molecule has 3 N–H and O–H groups in total. The summed E-state index contributed by atoms with van der Waals surface area (Å²) >= 11 is 1.96. The molecule has 0 spiro atoms. The summed E-state index contributed by atoms with van der Waals surface area (Å²) in [5.41, 5.74) is 8.25. The second-order valence-corrected chi connectivity index (χ2v) is 6.27. The minimum Gasteiger partial charge on any atom is -0.366 e. The topological polar surface area (TPSA) is 55.1 Å². The van der Waals surface area contributed by atoms with Crippen molar-refractivity contribution >= 4 is 17.7 Å². The monoisotopic (exact) mass is 278 g/mol. The van der Waals surface area contributed by atoms with Crippen LogP contribution in [0.1, 0.15) is 40.7 Å². The standard InChI is InChI=1S/C15H22N2OS/c1-10-8-11(15(16)18)6-7-12(10)9-17-13-4-3-5-14(13)19-2/h6-8,13-14,17H,3-5,9H2,1-2H3,(H2,16,18). The Balaban J connectivity index is 1.98. The number of hydrogen-bond acceptors (Lipinski definition) is 3. The number of benzene rings is 1. The molecule has 0 aromatic heterocycles. The molecule has 0 saturated heterocycles. The summed E-state index contributed by atoms with van der Waals surface area (Å²) in [5.74, 6) is -0.360. The number of amides is 1. The van der Waals surface area contributed by atoms with Gasteiger partial charge in [0.25, 0.3) is 0 Å². The molecule has 1 aromatic rings. The van der Waals surface area contributed by atoms with Gasteiger partial charge in [0.2, 0.25) is 5.91 Å². The number of rotatable bonds is 5. The third-order valence-corrected chi connectivity index (χ3v) is 5.11. The van der Waals surface area contributed by atoms with Crippen molar-refractivity contribution in [3.63, 3.8) is 0 Å². The van der Waals surface area contributed by atoms with E-state index in [0.29, 0.717) is 11.6 Å². The van der Waals surface area contributed by atoms with E-state index in [-0.39, 0.29) is 5.91 Å². The van der Waals surface area contributed by atoms with Gasteiger partial charge in [-0.1, -0.05) is 12.5 Å². The number of carbonyl (C=O) groups excluding carboxylic acids is 1. The van der Waals surface area contributed by atoms with Crippen LogP contribution in [-0.2, 0) is 6.54 Å². The molecule has 104 valence electrons. The Labute approximate surface area is 119 Å². The van der Waals surface area contributed by atoms with Gasteiger partial charge in [0.1, 0.15) is 0 Å². The Morgan fingerprint density at radius 3 is 2.89 bits per heavy atom. The molecule has 1 saturated carbocycles. The van der Waals surface area contributed by atoms with Crippen molar-refractivity contribution in [2.45, 2.75) is 44.0 Å². The lowest BCUT2D eigenvalue weighted by Gasteiger charge is -2.20. The number of hydrogen-bond donors (Lipinski definition) is 2. The summed E-state index contributed by atoms with van der Waals surface area (Å²) in [5, 5.41) is 4.39. The van der Waals surface area contributed by atoms with Gasteiger partial charge in [-0.3, -0.25) is 4.79 Å². The van der Waals surface area contributed by atoms with Crippen LogP contribution in [0.2, 0.25) is 0 Å². The first-order chi connectivity index (χ1) is 9.11. The van der Waals surface area contributed by atoms with E-state index >= 15 is 0 Å². The van der Waals surface area contributed by atoms with E-state index < -0.39 is 0 Å². The van der Waals surface area contributed by atoms with Crippen molar-refractivity contribution in [2.75, 3.05) is 6.26 Å². The maximum absolute atomic E-state index is 11.1. The van der Waals surface area contributed by atoms with E-state index in [1.807, 2.05) is 36.9 Å². The van der Waals surface area contributed by atoms with Crippen LogP contribution >= 0.6 is 11.8 Å². The lowest BCUT2D eigenvalue weighted by molar-refractivity contribution is 0.1000. The van der Waals surface area contributed by atoms with Crippen LogP contribution in [0.5, 0.6) is 0 Å². The summed E-state index contributed by atoms with van der Waals surface area (Å²) in [6.07, 6.45) is 6.10. The first kappa shape index (κ1) is 14.4. The maximum atomic E-state index is 11.1. The summed E-state index contributed by atoms with van der Waals surface area (Å²) in [7, 11) is 0. The molecule has 1 aliphatic rings. The Kier molecular flexibility index (Phi) is 4.88. The maximum Gasteiger partial charge on any atom is 0.248 e.